The van der Waals surface area contributed by atoms with Gasteiger partial charge in [-0.1, -0.05) is 57.2 Å². The van der Waals surface area contributed by atoms with Crippen molar-refractivity contribution < 1.29 is 9.84 Å². The molecular weight excluding hydrogens is 260 g/mol. The van der Waals surface area contributed by atoms with Crippen molar-refractivity contribution in [2.45, 2.75) is 39.2 Å². The molecule has 0 radical (unpaired) electrons. The summed E-state index contributed by atoms with van der Waals surface area (Å²) in [7, 11) is 0. The minimum atomic E-state index is -0.632. The van der Waals surface area contributed by atoms with Crippen molar-refractivity contribution in [3.8, 4) is 5.75 Å². The number of ether oxygens (including phenoxy) is 1. The first-order chi connectivity index (χ1) is 9.91. The van der Waals surface area contributed by atoms with Crippen LogP contribution in [0.15, 0.2) is 48.5 Å². The molecule has 21 heavy (non-hydrogen) atoms. The molecular formula is C19H24O2. The van der Waals surface area contributed by atoms with Gasteiger partial charge in [0.1, 0.15) is 11.9 Å². The van der Waals surface area contributed by atoms with Gasteiger partial charge < -0.3 is 9.84 Å². The Bertz CT molecular complexity index is 582. The molecule has 0 aliphatic carbocycles. The Balaban J connectivity index is 2.45. The number of hydrogen-bond donors (Lipinski definition) is 1. The van der Waals surface area contributed by atoms with Crippen LogP contribution in [0.1, 0.15) is 50.5 Å². The second-order valence-electron chi connectivity index (χ2n) is 6.29. The summed E-state index contributed by atoms with van der Waals surface area (Å²) in [6, 6.07) is 15.8. The molecule has 2 rings (SSSR count). The topological polar surface area (TPSA) is 29.5 Å². The van der Waals surface area contributed by atoms with Crippen LogP contribution in [0.3, 0.4) is 0 Å². The second-order valence-corrected chi connectivity index (χ2v) is 6.29. The normalized spacial score (nSPS) is 13.0. The molecule has 2 heteroatoms. The monoisotopic (exact) mass is 284 g/mol. The van der Waals surface area contributed by atoms with Gasteiger partial charge in [-0.3, -0.25) is 0 Å². The van der Waals surface area contributed by atoms with E-state index in [0.29, 0.717) is 6.61 Å². The van der Waals surface area contributed by atoms with E-state index < -0.39 is 6.10 Å². The molecule has 1 atom stereocenters. The zero-order chi connectivity index (χ0) is 15.5. The van der Waals surface area contributed by atoms with Crippen LogP contribution < -0.4 is 4.74 Å². The molecule has 0 amide bonds. The van der Waals surface area contributed by atoms with E-state index in [1.807, 2.05) is 43.3 Å². The predicted molar refractivity (Wildman–Crippen MR) is 86.8 cm³/mol. The Morgan fingerprint density at radius 3 is 2.24 bits per heavy atom. The minimum absolute atomic E-state index is 0.0122. The third-order valence-electron chi connectivity index (χ3n) is 3.54. The van der Waals surface area contributed by atoms with Gasteiger partial charge in [0.2, 0.25) is 0 Å². The van der Waals surface area contributed by atoms with Crippen LogP contribution in [0, 0.1) is 0 Å². The van der Waals surface area contributed by atoms with E-state index in [1.165, 1.54) is 5.56 Å². The first-order valence-electron chi connectivity index (χ1n) is 7.43. The lowest BCUT2D eigenvalue weighted by atomic mass is 9.85. The van der Waals surface area contributed by atoms with Crippen molar-refractivity contribution in [2.75, 3.05) is 6.61 Å². The number of benzene rings is 2. The third kappa shape index (κ3) is 3.85. The molecule has 0 spiro atoms. The largest absolute Gasteiger partial charge is 0.494 e. The van der Waals surface area contributed by atoms with Gasteiger partial charge in [-0.25, -0.2) is 0 Å². The van der Waals surface area contributed by atoms with Gasteiger partial charge in [-0.05, 0) is 41.2 Å². The van der Waals surface area contributed by atoms with Gasteiger partial charge in [-0.15, -0.1) is 0 Å². The smallest absolute Gasteiger partial charge is 0.119 e. The summed E-state index contributed by atoms with van der Waals surface area (Å²) < 4.78 is 5.66. The molecule has 0 bridgehead atoms. The van der Waals surface area contributed by atoms with E-state index in [4.69, 9.17) is 4.74 Å². The maximum absolute atomic E-state index is 10.6. The first kappa shape index (κ1) is 15.6. The van der Waals surface area contributed by atoms with E-state index in [1.54, 1.807) is 0 Å². The second kappa shape index (κ2) is 6.31. The summed E-state index contributed by atoms with van der Waals surface area (Å²) in [5, 5.41) is 10.6. The Morgan fingerprint density at radius 1 is 1.00 bits per heavy atom. The van der Waals surface area contributed by atoms with Gasteiger partial charge in [0.15, 0.2) is 0 Å². The molecule has 2 aromatic carbocycles. The van der Waals surface area contributed by atoms with Gasteiger partial charge in [0.25, 0.3) is 0 Å². The molecule has 112 valence electrons. The van der Waals surface area contributed by atoms with Crippen molar-refractivity contribution in [3.05, 3.63) is 65.2 Å². The van der Waals surface area contributed by atoms with E-state index >= 15 is 0 Å². The molecule has 0 fully saturated rings. The molecule has 1 N–H and O–H groups in total. The van der Waals surface area contributed by atoms with Crippen LogP contribution in [0.4, 0.5) is 0 Å². The summed E-state index contributed by atoms with van der Waals surface area (Å²) in [4.78, 5) is 0. The Morgan fingerprint density at radius 2 is 1.67 bits per heavy atom. The summed E-state index contributed by atoms with van der Waals surface area (Å²) in [5.41, 5.74) is 2.94. The molecule has 0 aromatic heterocycles. The van der Waals surface area contributed by atoms with Crippen LogP contribution >= 0.6 is 0 Å². The lowest BCUT2D eigenvalue weighted by Gasteiger charge is -2.23. The molecule has 2 aromatic rings. The van der Waals surface area contributed by atoms with Gasteiger partial charge >= 0.3 is 0 Å². The lowest BCUT2D eigenvalue weighted by Crippen LogP contribution is -2.13. The van der Waals surface area contributed by atoms with Crippen LogP contribution in [0.2, 0.25) is 0 Å². The summed E-state index contributed by atoms with van der Waals surface area (Å²) >= 11 is 0. The maximum Gasteiger partial charge on any atom is 0.119 e. The lowest BCUT2D eigenvalue weighted by molar-refractivity contribution is 0.219. The van der Waals surface area contributed by atoms with Crippen LogP contribution in [0.5, 0.6) is 5.75 Å². The van der Waals surface area contributed by atoms with Gasteiger partial charge in [0.05, 0.1) is 6.61 Å². The van der Waals surface area contributed by atoms with E-state index in [-0.39, 0.29) is 5.41 Å². The summed E-state index contributed by atoms with van der Waals surface area (Å²) in [5.74, 6) is 0.815. The zero-order valence-corrected chi connectivity index (χ0v) is 13.3. The van der Waals surface area contributed by atoms with Gasteiger partial charge in [0, 0.05) is 0 Å². The van der Waals surface area contributed by atoms with Crippen molar-refractivity contribution in [1.29, 1.82) is 0 Å². The number of rotatable bonds is 4. The van der Waals surface area contributed by atoms with Crippen molar-refractivity contribution in [3.63, 3.8) is 0 Å². The first-order valence-corrected chi connectivity index (χ1v) is 7.43. The summed E-state index contributed by atoms with van der Waals surface area (Å²) in [6.07, 6.45) is -0.632. The number of aliphatic hydroxyl groups excluding tert-OH is 1. The number of hydrogen-bond acceptors (Lipinski definition) is 2. The molecule has 0 heterocycles. The fraction of sp³-hybridized carbons (Fsp3) is 0.368. The van der Waals surface area contributed by atoms with E-state index in [9.17, 15) is 5.11 Å². The third-order valence-corrected chi connectivity index (χ3v) is 3.54. The minimum Gasteiger partial charge on any atom is -0.494 e. The molecule has 1 unspecified atom stereocenters. The predicted octanol–water partition coefficient (Wildman–Crippen LogP) is 4.46. The molecule has 0 saturated heterocycles. The molecule has 0 aliphatic heterocycles. The highest BCUT2D eigenvalue weighted by molar-refractivity contribution is 5.41. The molecule has 0 saturated carbocycles. The van der Waals surface area contributed by atoms with Crippen LogP contribution in [-0.4, -0.2) is 11.7 Å². The Labute approximate surface area is 127 Å². The Hall–Kier alpha value is -1.80. The highest BCUT2D eigenvalue weighted by Crippen LogP contribution is 2.32. The highest BCUT2D eigenvalue weighted by atomic mass is 16.5. The standard InChI is InChI=1S/C19H24O2/c1-5-21-17-12-15(11-16(13-17)19(2,3)4)18(20)14-9-7-6-8-10-14/h6-13,18,20H,5H2,1-4H3. The van der Waals surface area contributed by atoms with Crippen LogP contribution in [0.25, 0.3) is 0 Å². The molecule has 0 aliphatic rings. The van der Waals surface area contributed by atoms with Crippen molar-refractivity contribution in [2.24, 2.45) is 0 Å². The van der Waals surface area contributed by atoms with Gasteiger partial charge in [-0.2, -0.15) is 0 Å². The SMILES string of the molecule is CCOc1cc(C(O)c2ccccc2)cc(C(C)(C)C)c1. The Kier molecular flexibility index (Phi) is 4.69. The average Bonchev–Trinajstić information content (AvgIpc) is 2.46. The number of aliphatic hydroxyl groups is 1. The average molecular weight is 284 g/mol. The fourth-order valence-electron chi connectivity index (χ4n) is 2.29. The quantitative estimate of drug-likeness (QED) is 0.898. The molecule has 2 nitrogen and oxygen atoms in total. The zero-order valence-electron chi connectivity index (χ0n) is 13.3. The van der Waals surface area contributed by atoms with Crippen molar-refractivity contribution >= 4 is 0 Å². The summed E-state index contributed by atoms with van der Waals surface area (Å²) in [6.45, 7) is 9.08. The van der Waals surface area contributed by atoms with Crippen molar-refractivity contribution in [1.82, 2.24) is 0 Å². The van der Waals surface area contributed by atoms with E-state index in [0.717, 1.165) is 16.9 Å². The highest BCUT2D eigenvalue weighted by Gasteiger charge is 2.19. The maximum atomic E-state index is 10.6. The fourth-order valence-corrected chi connectivity index (χ4v) is 2.29. The van der Waals surface area contributed by atoms with Crippen LogP contribution in [-0.2, 0) is 5.41 Å². The van der Waals surface area contributed by atoms with E-state index in [2.05, 4.69) is 32.9 Å².